The maximum Gasteiger partial charge on any atom is 1.00 e. The van der Waals surface area contributed by atoms with Gasteiger partial charge in [0.25, 0.3) is 0 Å². The molecule has 0 radical (unpaired) electrons. The Morgan fingerprint density at radius 2 is 2.12 bits per heavy atom. The van der Waals surface area contributed by atoms with Crippen LogP contribution in [0.15, 0.2) is 25.0 Å². The van der Waals surface area contributed by atoms with Gasteiger partial charge in [-0.25, -0.2) is 13.2 Å². The fraction of sp³-hybridized carbons (Fsp3) is 0.444. The summed E-state index contributed by atoms with van der Waals surface area (Å²) in [5.41, 5.74) is 0. The molecule has 0 aliphatic carbocycles. The van der Waals surface area contributed by atoms with E-state index in [-0.39, 0.29) is 35.5 Å². The van der Waals surface area contributed by atoms with Crippen molar-refractivity contribution in [3.63, 3.8) is 0 Å². The van der Waals surface area contributed by atoms with Gasteiger partial charge in [-0.2, -0.15) is 0 Å². The molecule has 0 aliphatic rings. The standard InChI is InChI=1S/C9H14O5S.Na/c1-3-9(10)14-6-4-5-8(2)7-15(11,12)13;/h3-4,6,8H,1,5,7H2,2H3,(H,11,12,13);/q;+1/p-1. The van der Waals surface area contributed by atoms with Crippen LogP contribution in [0.2, 0.25) is 0 Å². The van der Waals surface area contributed by atoms with Crippen LogP contribution >= 0.6 is 0 Å². The van der Waals surface area contributed by atoms with Gasteiger partial charge in [-0.3, -0.25) is 0 Å². The number of esters is 1. The van der Waals surface area contributed by atoms with E-state index in [9.17, 15) is 17.8 Å². The quantitative estimate of drug-likeness (QED) is 0.177. The first-order valence-corrected chi connectivity index (χ1v) is 5.84. The van der Waals surface area contributed by atoms with Gasteiger partial charge in [0.15, 0.2) is 0 Å². The molecule has 1 atom stereocenters. The Kier molecular flexibility index (Phi) is 10.2. The van der Waals surface area contributed by atoms with E-state index in [1.165, 1.54) is 6.08 Å². The maximum absolute atomic E-state index is 10.5. The Labute approximate surface area is 118 Å². The maximum atomic E-state index is 10.5. The van der Waals surface area contributed by atoms with E-state index in [0.717, 1.165) is 12.3 Å². The molecule has 0 spiro atoms. The van der Waals surface area contributed by atoms with Crippen molar-refractivity contribution in [2.24, 2.45) is 5.92 Å². The van der Waals surface area contributed by atoms with E-state index < -0.39 is 21.8 Å². The molecule has 0 heterocycles. The second kappa shape index (κ2) is 8.95. The van der Waals surface area contributed by atoms with Gasteiger partial charge in [-0.05, 0) is 18.4 Å². The minimum Gasteiger partial charge on any atom is -0.748 e. The number of carbonyl (C=O) groups excluding carboxylic acids is 1. The molecule has 0 bridgehead atoms. The molecule has 0 aromatic carbocycles. The van der Waals surface area contributed by atoms with Crippen LogP contribution in [0.1, 0.15) is 13.3 Å². The number of hydrogen-bond donors (Lipinski definition) is 0. The Bertz CT molecular complexity index is 347. The zero-order chi connectivity index (χ0) is 11.9. The van der Waals surface area contributed by atoms with Gasteiger partial charge >= 0.3 is 35.5 Å². The Hall–Kier alpha value is -0.140. The molecule has 0 N–H and O–H groups in total. The molecular weight excluding hydrogens is 243 g/mol. The van der Waals surface area contributed by atoms with Crippen LogP contribution in [-0.4, -0.2) is 24.7 Å². The zero-order valence-electron chi connectivity index (χ0n) is 9.38. The van der Waals surface area contributed by atoms with Gasteiger partial charge in [0.1, 0.15) is 0 Å². The van der Waals surface area contributed by atoms with Crippen LogP contribution in [0.25, 0.3) is 0 Å². The first kappa shape index (κ1) is 18.2. The van der Waals surface area contributed by atoms with Gasteiger partial charge in [0, 0.05) is 11.8 Å². The van der Waals surface area contributed by atoms with E-state index in [1.54, 1.807) is 6.92 Å². The molecule has 0 amide bonds. The first-order chi connectivity index (χ1) is 6.85. The monoisotopic (exact) mass is 256 g/mol. The Morgan fingerprint density at radius 3 is 2.56 bits per heavy atom. The summed E-state index contributed by atoms with van der Waals surface area (Å²) >= 11 is 0. The number of allylic oxidation sites excluding steroid dienone is 1. The molecule has 0 aromatic rings. The second-order valence-electron chi connectivity index (χ2n) is 3.08. The summed E-state index contributed by atoms with van der Waals surface area (Å²) in [4.78, 5) is 10.5. The third-order valence-corrected chi connectivity index (χ3v) is 2.45. The summed E-state index contributed by atoms with van der Waals surface area (Å²) in [7, 11) is -4.19. The van der Waals surface area contributed by atoms with Crippen LogP contribution in [0, 0.1) is 5.92 Å². The van der Waals surface area contributed by atoms with Crippen molar-refractivity contribution in [3.05, 3.63) is 25.0 Å². The van der Waals surface area contributed by atoms with Crippen molar-refractivity contribution in [1.29, 1.82) is 0 Å². The topological polar surface area (TPSA) is 83.5 Å². The van der Waals surface area contributed by atoms with Crippen LogP contribution in [0.4, 0.5) is 0 Å². The average molecular weight is 256 g/mol. The number of ether oxygens (including phenoxy) is 1. The molecule has 16 heavy (non-hydrogen) atoms. The molecular formula is C9H13NaO5S. The van der Waals surface area contributed by atoms with E-state index in [0.29, 0.717) is 6.42 Å². The van der Waals surface area contributed by atoms with E-state index in [1.807, 2.05) is 0 Å². The smallest absolute Gasteiger partial charge is 0.748 e. The van der Waals surface area contributed by atoms with E-state index in [2.05, 4.69) is 11.3 Å². The van der Waals surface area contributed by atoms with Crippen molar-refractivity contribution in [3.8, 4) is 0 Å². The molecule has 0 aromatic heterocycles. The second-order valence-corrected chi connectivity index (χ2v) is 4.53. The number of carbonyl (C=O) groups is 1. The summed E-state index contributed by atoms with van der Waals surface area (Å²) in [6.07, 6.45) is 4.00. The summed E-state index contributed by atoms with van der Waals surface area (Å²) in [6, 6.07) is 0. The van der Waals surface area contributed by atoms with Crippen LogP contribution in [0.5, 0.6) is 0 Å². The first-order valence-electron chi connectivity index (χ1n) is 4.26. The third-order valence-electron chi connectivity index (χ3n) is 1.47. The minimum atomic E-state index is -4.19. The molecule has 0 saturated carbocycles. The van der Waals surface area contributed by atoms with Crippen molar-refractivity contribution in [1.82, 2.24) is 0 Å². The molecule has 5 nitrogen and oxygen atoms in total. The summed E-state index contributed by atoms with van der Waals surface area (Å²) in [5, 5.41) is 0. The van der Waals surface area contributed by atoms with Crippen LogP contribution < -0.4 is 29.6 Å². The van der Waals surface area contributed by atoms with Gasteiger partial charge < -0.3 is 9.29 Å². The van der Waals surface area contributed by atoms with Crippen molar-refractivity contribution in [2.45, 2.75) is 13.3 Å². The third kappa shape index (κ3) is 11.9. The summed E-state index contributed by atoms with van der Waals surface area (Å²) in [5.74, 6) is -1.31. The molecule has 7 heteroatoms. The average Bonchev–Trinajstić information content (AvgIpc) is 2.09. The minimum absolute atomic E-state index is 0. The molecule has 86 valence electrons. The Morgan fingerprint density at radius 1 is 1.56 bits per heavy atom. The van der Waals surface area contributed by atoms with Crippen molar-refractivity contribution < 1.29 is 52.1 Å². The van der Waals surface area contributed by atoms with Gasteiger partial charge in [0.05, 0.1) is 16.4 Å². The number of hydrogen-bond acceptors (Lipinski definition) is 5. The fourth-order valence-electron chi connectivity index (χ4n) is 0.868. The van der Waals surface area contributed by atoms with Crippen LogP contribution in [-0.2, 0) is 19.6 Å². The van der Waals surface area contributed by atoms with Gasteiger partial charge in [-0.15, -0.1) is 0 Å². The largest absolute Gasteiger partial charge is 1.00 e. The van der Waals surface area contributed by atoms with Crippen molar-refractivity contribution in [2.75, 3.05) is 5.75 Å². The Balaban J connectivity index is 0. The van der Waals surface area contributed by atoms with Gasteiger partial charge in [-0.1, -0.05) is 13.5 Å². The summed E-state index contributed by atoms with van der Waals surface area (Å²) < 4.78 is 35.6. The molecule has 0 aliphatic heterocycles. The zero-order valence-corrected chi connectivity index (χ0v) is 12.2. The molecule has 1 unspecified atom stereocenters. The molecule has 0 fully saturated rings. The normalized spacial score (nSPS) is 12.9. The SMILES string of the molecule is C=CC(=O)OC=CCC(C)CS(=O)(=O)[O-].[Na+]. The van der Waals surface area contributed by atoms with E-state index in [4.69, 9.17) is 0 Å². The molecule has 0 rings (SSSR count). The fourth-order valence-corrected chi connectivity index (χ4v) is 1.70. The predicted molar refractivity (Wildman–Crippen MR) is 53.8 cm³/mol. The van der Waals surface area contributed by atoms with Crippen LogP contribution in [0.3, 0.4) is 0 Å². The molecule has 0 saturated heterocycles. The number of rotatable bonds is 6. The van der Waals surface area contributed by atoms with Gasteiger partial charge in [0.2, 0.25) is 0 Å². The van der Waals surface area contributed by atoms with E-state index >= 15 is 0 Å². The van der Waals surface area contributed by atoms with Crippen molar-refractivity contribution >= 4 is 16.1 Å². The predicted octanol–water partition coefficient (Wildman–Crippen LogP) is -2.20. The summed E-state index contributed by atoms with van der Waals surface area (Å²) in [6.45, 7) is 4.81.